The molecule has 5 heteroatoms. The van der Waals surface area contributed by atoms with E-state index in [1.165, 1.54) is 5.56 Å². The summed E-state index contributed by atoms with van der Waals surface area (Å²) in [6, 6.07) is 11.0. The highest BCUT2D eigenvalue weighted by molar-refractivity contribution is 14.0. The molecule has 0 saturated carbocycles. The zero-order valence-electron chi connectivity index (χ0n) is 14.5. The molecule has 0 fully saturated rings. The summed E-state index contributed by atoms with van der Waals surface area (Å²) in [6.07, 6.45) is 0. The highest BCUT2D eigenvalue weighted by atomic mass is 127. The van der Waals surface area contributed by atoms with Gasteiger partial charge in [0.15, 0.2) is 5.96 Å². The number of likely N-dealkylation sites (N-methyl/N-ethyl adjacent to an activating group) is 1. The van der Waals surface area contributed by atoms with Crippen LogP contribution in [-0.2, 0) is 0 Å². The minimum absolute atomic E-state index is 0. The first-order valence-corrected chi connectivity index (χ1v) is 7.88. The van der Waals surface area contributed by atoms with Crippen molar-refractivity contribution in [1.82, 2.24) is 15.1 Å². The lowest BCUT2D eigenvalue weighted by Crippen LogP contribution is -2.37. The van der Waals surface area contributed by atoms with E-state index in [9.17, 15) is 0 Å². The van der Waals surface area contributed by atoms with E-state index in [0.717, 1.165) is 32.1 Å². The van der Waals surface area contributed by atoms with Crippen molar-refractivity contribution in [2.75, 3.05) is 40.3 Å². The normalized spacial score (nSPS) is 12.7. The van der Waals surface area contributed by atoms with Gasteiger partial charge in [0.1, 0.15) is 0 Å². The average molecular weight is 418 g/mol. The fourth-order valence-electron chi connectivity index (χ4n) is 2.46. The van der Waals surface area contributed by atoms with Crippen LogP contribution in [0.15, 0.2) is 35.3 Å². The van der Waals surface area contributed by atoms with Crippen LogP contribution in [0.25, 0.3) is 0 Å². The summed E-state index contributed by atoms with van der Waals surface area (Å²) in [4.78, 5) is 9.29. The molecule has 0 spiro atoms. The number of nitrogens with zero attached hydrogens (tertiary/aromatic N) is 3. The Bertz CT molecular complexity index is 416. The molecule has 0 aliphatic heterocycles. The zero-order chi connectivity index (χ0) is 15.7. The first-order chi connectivity index (χ1) is 10.1. The van der Waals surface area contributed by atoms with Crippen molar-refractivity contribution in [2.24, 2.45) is 4.99 Å². The molecule has 1 atom stereocenters. The molecule has 1 rings (SSSR count). The van der Waals surface area contributed by atoms with Crippen LogP contribution in [0.3, 0.4) is 0 Å². The van der Waals surface area contributed by atoms with Gasteiger partial charge in [-0.2, -0.15) is 0 Å². The topological polar surface area (TPSA) is 30.9 Å². The maximum Gasteiger partial charge on any atom is 0.193 e. The molecule has 0 bridgehead atoms. The van der Waals surface area contributed by atoms with Crippen molar-refractivity contribution in [1.29, 1.82) is 0 Å². The van der Waals surface area contributed by atoms with Crippen LogP contribution >= 0.6 is 24.0 Å². The van der Waals surface area contributed by atoms with Gasteiger partial charge in [0.25, 0.3) is 0 Å². The van der Waals surface area contributed by atoms with Crippen molar-refractivity contribution in [2.45, 2.75) is 26.8 Å². The molecular formula is C17H31IN4. The Morgan fingerprint density at radius 3 is 2.14 bits per heavy atom. The highest BCUT2D eigenvalue weighted by Crippen LogP contribution is 2.20. The number of rotatable bonds is 7. The van der Waals surface area contributed by atoms with Gasteiger partial charge in [-0.25, -0.2) is 0 Å². The van der Waals surface area contributed by atoms with Gasteiger partial charge in [-0.05, 0) is 25.6 Å². The first kappa shape index (κ1) is 21.2. The molecule has 4 nitrogen and oxygen atoms in total. The standard InChI is InChI=1S/C17H30N4.HI/c1-6-18-17(20(4)5)19-14-16(21(7-2)8-3)15-12-10-9-11-13-15;/h9-13,16H,6-8,14H2,1-5H3,(H,18,19);1H. The molecular weight excluding hydrogens is 387 g/mol. The van der Waals surface area contributed by atoms with Crippen LogP contribution in [0.2, 0.25) is 0 Å². The van der Waals surface area contributed by atoms with Crippen molar-refractivity contribution < 1.29 is 0 Å². The molecule has 0 aliphatic carbocycles. The average Bonchev–Trinajstić information content (AvgIpc) is 2.50. The van der Waals surface area contributed by atoms with E-state index in [4.69, 9.17) is 4.99 Å². The summed E-state index contributed by atoms with van der Waals surface area (Å²) in [5.41, 5.74) is 1.33. The third-order valence-electron chi connectivity index (χ3n) is 3.61. The SMILES string of the molecule is CCNC(=NCC(c1ccccc1)N(CC)CC)N(C)C.I. The van der Waals surface area contributed by atoms with E-state index in [2.05, 4.69) is 61.3 Å². The third kappa shape index (κ3) is 6.52. The van der Waals surface area contributed by atoms with Crippen LogP contribution in [-0.4, -0.2) is 56.0 Å². The van der Waals surface area contributed by atoms with Crippen molar-refractivity contribution >= 4 is 29.9 Å². The molecule has 0 aromatic heterocycles. The molecule has 126 valence electrons. The first-order valence-electron chi connectivity index (χ1n) is 7.88. The van der Waals surface area contributed by atoms with Crippen LogP contribution < -0.4 is 5.32 Å². The number of nitrogens with one attached hydrogen (secondary N) is 1. The Labute approximate surface area is 153 Å². The smallest absolute Gasteiger partial charge is 0.193 e. The Morgan fingerprint density at radius 1 is 1.09 bits per heavy atom. The van der Waals surface area contributed by atoms with E-state index >= 15 is 0 Å². The van der Waals surface area contributed by atoms with Crippen molar-refractivity contribution in [3.8, 4) is 0 Å². The minimum atomic E-state index is 0. The molecule has 0 saturated heterocycles. The van der Waals surface area contributed by atoms with Crippen molar-refractivity contribution in [3.63, 3.8) is 0 Å². The van der Waals surface area contributed by atoms with E-state index in [-0.39, 0.29) is 24.0 Å². The lowest BCUT2D eigenvalue weighted by molar-refractivity contribution is 0.224. The summed E-state index contributed by atoms with van der Waals surface area (Å²) in [6.45, 7) is 10.2. The van der Waals surface area contributed by atoms with Gasteiger partial charge in [-0.1, -0.05) is 44.2 Å². The van der Waals surface area contributed by atoms with E-state index in [1.807, 2.05) is 19.0 Å². The summed E-state index contributed by atoms with van der Waals surface area (Å²) in [5, 5.41) is 3.32. The van der Waals surface area contributed by atoms with Gasteiger partial charge < -0.3 is 10.2 Å². The van der Waals surface area contributed by atoms with Gasteiger partial charge in [0.2, 0.25) is 0 Å². The quantitative estimate of drug-likeness (QED) is 0.419. The molecule has 1 unspecified atom stereocenters. The number of halogens is 1. The van der Waals surface area contributed by atoms with Gasteiger partial charge in [0.05, 0.1) is 12.6 Å². The molecule has 0 amide bonds. The highest BCUT2D eigenvalue weighted by Gasteiger charge is 2.17. The molecule has 0 radical (unpaired) electrons. The zero-order valence-corrected chi connectivity index (χ0v) is 16.9. The maximum absolute atomic E-state index is 4.80. The molecule has 1 N–H and O–H groups in total. The second-order valence-corrected chi connectivity index (χ2v) is 5.24. The molecule has 0 heterocycles. The predicted molar refractivity (Wildman–Crippen MR) is 107 cm³/mol. The van der Waals surface area contributed by atoms with Crippen molar-refractivity contribution in [3.05, 3.63) is 35.9 Å². The molecule has 22 heavy (non-hydrogen) atoms. The molecule has 1 aromatic rings. The monoisotopic (exact) mass is 418 g/mol. The van der Waals surface area contributed by atoms with Crippen LogP contribution in [0.1, 0.15) is 32.4 Å². The fraction of sp³-hybridized carbons (Fsp3) is 0.588. The summed E-state index contributed by atoms with van der Waals surface area (Å²) >= 11 is 0. The lowest BCUT2D eigenvalue weighted by atomic mass is 10.1. The van der Waals surface area contributed by atoms with E-state index in [1.54, 1.807) is 0 Å². The van der Waals surface area contributed by atoms with Crippen LogP contribution in [0.4, 0.5) is 0 Å². The largest absolute Gasteiger partial charge is 0.357 e. The number of aliphatic imine (C=N–C) groups is 1. The Hall–Kier alpha value is -0.820. The minimum Gasteiger partial charge on any atom is -0.357 e. The molecule has 0 aliphatic rings. The number of hydrogen-bond acceptors (Lipinski definition) is 2. The molecule has 1 aromatic carbocycles. The summed E-state index contributed by atoms with van der Waals surface area (Å²) in [7, 11) is 4.05. The van der Waals surface area contributed by atoms with Crippen LogP contribution in [0, 0.1) is 0 Å². The Kier molecular flexibility index (Phi) is 11.3. The van der Waals surface area contributed by atoms with E-state index < -0.39 is 0 Å². The third-order valence-corrected chi connectivity index (χ3v) is 3.61. The van der Waals surface area contributed by atoms with E-state index in [0.29, 0.717) is 6.04 Å². The van der Waals surface area contributed by atoms with Crippen LogP contribution in [0.5, 0.6) is 0 Å². The number of hydrogen-bond donors (Lipinski definition) is 1. The summed E-state index contributed by atoms with van der Waals surface area (Å²) in [5.74, 6) is 0.950. The second kappa shape index (κ2) is 11.7. The summed E-state index contributed by atoms with van der Waals surface area (Å²) < 4.78 is 0. The van der Waals surface area contributed by atoms with Gasteiger partial charge in [-0.3, -0.25) is 9.89 Å². The second-order valence-electron chi connectivity index (χ2n) is 5.24. The fourth-order valence-corrected chi connectivity index (χ4v) is 2.46. The predicted octanol–water partition coefficient (Wildman–Crippen LogP) is 3.21. The number of benzene rings is 1. The lowest BCUT2D eigenvalue weighted by Gasteiger charge is -2.29. The number of guanidine groups is 1. The Balaban J connectivity index is 0.00000441. The van der Waals surface area contributed by atoms with Gasteiger partial charge >= 0.3 is 0 Å². The van der Waals surface area contributed by atoms with Gasteiger partial charge in [-0.15, -0.1) is 24.0 Å². The maximum atomic E-state index is 4.80. The Morgan fingerprint density at radius 2 is 1.68 bits per heavy atom. The van der Waals surface area contributed by atoms with Gasteiger partial charge in [0, 0.05) is 20.6 Å².